The quantitative estimate of drug-likeness (QED) is 0.355. The van der Waals surface area contributed by atoms with Gasteiger partial charge in [-0.25, -0.2) is 4.79 Å². The summed E-state index contributed by atoms with van der Waals surface area (Å²) in [6.45, 7) is 5.49. The largest absolute Gasteiger partial charge is 0.506 e. The van der Waals surface area contributed by atoms with E-state index >= 15 is 0 Å². The second-order valence-electron chi connectivity index (χ2n) is 11.3. The smallest absolute Gasteiger partial charge is 0.340 e. The standard InChI is InChI=1S/C29H35ClN2O5/c1-16-20-12-23(30)27(34)22(28(20)37-29(35)21(16)13-25(33)36-2)15-32-9-5-6-17-10-18-11-19(26(17)32)14-31-8-4-3-7-24(18)31/h10,12,18-19,24,26,34H,3-9,11,13-15H2,1-2H3/t18-,19-,24+,26+/m0/s1. The van der Waals surface area contributed by atoms with Crippen molar-refractivity contribution in [3.8, 4) is 5.75 Å². The first kappa shape index (κ1) is 25.0. The molecule has 3 aliphatic heterocycles. The van der Waals surface area contributed by atoms with Crippen molar-refractivity contribution < 1.29 is 19.1 Å². The minimum Gasteiger partial charge on any atom is -0.506 e. The molecular weight excluding hydrogens is 492 g/mol. The fourth-order valence-corrected chi connectivity index (χ4v) is 7.80. The average Bonchev–Trinajstić information content (AvgIpc) is 2.90. The molecule has 4 heterocycles. The molecule has 3 saturated heterocycles. The molecule has 4 aliphatic rings. The van der Waals surface area contributed by atoms with Crippen LogP contribution in [0.4, 0.5) is 0 Å². The predicted molar refractivity (Wildman–Crippen MR) is 142 cm³/mol. The number of ether oxygens (including phenoxy) is 1. The Hall–Kier alpha value is -2.35. The Morgan fingerprint density at radius 2 is 2.08 bits per heavy atom. The number of aromatic hydroxyl groups is 1. The highest BCUT2D eigenvalue weighted by atomic mass is 35.5. The van der Waals surface area contributed by atoms with Crippen molar-refractivity contribution in [2.24, 2.45) is 11.8 Å². The Labute approximate surface area is 222 Å². The summed E-state index contributed by atoms with van der Waals surface area (Å²) in [6.07, 6.45) is 9.78. The lowest BCUT2D eigenvalue weighted by Gasteiger charge is -2.54. The number of piperidine rings is 3. The van der Waals surface area contributed by atoms with Crippen molar-refractivity contribution in [2.75, 3.05) is 26.7 Å². The Balaban J connectivity index is 1.38. The van der Waals surface area contributed by atoms with Gasteiger partial charge < -0.3 is 14.3 Å². The molecule has 3 fully saturated rings. The third kappa shape index (κ3) is 4.29. The van der Waals surface area contributed by atoms with E-state index in [1.54, 1.807) is 18.6 Å². The summed E-state index contributed by atoms with van der Waals surface area (Å²) in [4.78, 5) is 30.0. The number of fused-ring (bicyclic) bond motifs is 7. The van der Waals surface area contributed by atoms with E-state index in [4.69, 9.17) is 20.8 Å². The molecule has 0 saturated carbocycles. The molecule has 0 spiro atoms. The van der Waals surface area contributed by atoms with Crippen LogP contribution in [0.5, 0.6) is 5.75 Å². The van der Waals surface area contributed by atoms with Gasteiger partial charge in [-0.1, -0.05) is 29.7 Å². The van der Waals surface area contributed by atoms with Gasteiger partial charge in [0.2, 0.25) is 0 Å². The Kier molecular flexibility index (Phi) is 6.58. The van der Waals surface area contributed by atoms with Crippen LogP contribution < -0.4 is 5.63 Å². The van der Waals surface area contributed by atoms with Crippen LogP contribution in [-0.4, -0.2) is 59.7 Å². The van der Waals surface area contributed by atoms with Gasteiger partial charge in [-0.15, -0.1) is 0 Å². The molecule has 37 heavy (non-hydrogen) atoms. The number of benzene rings is 1. The second kappa shape index (κ2) is 9.75. The molecule has 1 aliphatic carbocycles. The topological polar surface area (TPSA) is 83.2 Å². The van der Waals surface area contributed by atoms with Crippen LogP contribution in [0.15, 0.2) is 26.9 Å². The van der Waals surface area contributed by atoms with Crippen LogP contribution in [0.2, 0.25) is 5.02 Å². The lowest BCUT2D eigenvalue weighted by Crippen LogP contribution is -2.59. The van der Waals surface area contributed by atoms with Crippen molar-refractivity contribution in [3.63, 3.8) is 0 Å². The van der Waals surface area contributed by atoms with E-state index in [9.17, 15) is 14.7 Å². The van der Waals surface area contributed by atoms with Gasteiger partial charge >= 0.3 is 11.6 Å². The lowest BCUT2D eigenvalue weighted by molar-refractivity contribution is -0.139. The van der Waals surface area contributed by atoms with Crippen molar-refractivity contribution >= 4 is 28.5 Å². The van der Waals surface area contributed by atoms with E-state index in [0.717, 1.165) is 25.9 Å². The molecule has 8 heteroatoms. The zero-order chi connectivity index (χ0) is 25.8. The molecule has 198 valence electrons. The van der Waals surface area contributed by atoms with Crippen LogP contribution in [0.1, 0.15) is 55.2 Å². The maximum absolute atomic E-state index is 12.9. The molecule has 1 aromatic carbocycles. The summed E-state index contributed by atoms with van der Waals surface area (Å²) in [5, 5.41) is 11.9. The van der Waals surface area contributed by atoms with Gasteiger partial charge in [-0.2, -0.15) is 0 Å². The number of phenolic OH excluding ortho intramolecular Hbond substituents is 1. The number of hydrogen-bond acceptors (Lipinski definition) is 7. The van der Waals surface area contributed by atoms with Gasteiger partial charge in [0.15, 0.2) is 0 Å². The number of rotatable bonds is 4. The monoisotopic (exact) mass is 526 g/mol. The van der Waals surface area contributed by atoms with E-state index in [1.807, 2.05) is 0 Å². The van der Waals surface area contributed by atoms with Crippen LogP contribution in [0, 0.1) is 18.8 Å². The molecule has 2 aromatic rings. The summed E-state index contributed by atoms with van der Waals surface area (Å²) in [5.41, 5.74) is 2.74. The number of carbonyl (C=O) groups is 1. The van der Waals surface area contributed by atoms with Crippen LogP contribution in [0.25, 0.3) is 11.0 Å². The molecule has 4 atom stereocenters. The fourth-order valence-electron chi connectivity index (χ4n) is 7.57. The van der Waals surface area contributed by atoms with Crippen molar-refractivity contribution in [2.45, 2.75) is 70.5 Å². The van der Waals surface area contributed by atoms with Crippen LogP contribution >= 0.6 is 11.6 Å². The number of hydrogen-bond donors (Lipinski definition) is 1. The summed E-state index contributed by atoms with van der Waals surface area (Å²) in [6, 6.07) is 2.65. The molecule has 1 N–H and O–H groups in total. The Bertz CT molecular complexity index is 1330. The maximum Gasteiger partial charge on any atom is 0.340 e. The number of halogens is 1. The Morgan fingerprint density at radius 1 is 1.24 bits per heavy atom. The predicted octanol–water partition coefficient (Wildman–Crippen LogP) is 4.57. The zero-order valence-corrected chi connectivity index (χ0v) is 22.4. The molecular formula is C29H35ClN2O5. The van der Waals surface area contributed by atoms with Crippen molar-refractivity contribution in [3.05, 3.63) is 49.8 Å². The highest BCUT2D eigenvalue weighted by Gasteiger charge is 2.46. The van der Waals surface area contributed by atoms with Crippen LogP contribution in [-0.2, 0) is 22.5 Å². The van der Waals surface area contributed by atoms with Gasteiger partial charge in [0, 0.05) is 30.6 Å². The maximum atomic E-state index is 12.9. The summed E-state index contributed by atoms with van der Waals surface area (Å²) in [5.74, 6) is 0.667. The zero-order valence-electron chi connectivity index (χ0n) is 21.6. The minimum absolute atomic E-state index is 0.0398. The molecule has 1 aromatic heterocycles. The van der Waals surface area contributed by atoms with Gasteiger partial charge in [-0.05, 0) is 75.6 Å². The molecule has 2 bridgehead atoms. The third-order valence-corrected chi connectivity index (χ3v) is 9.56. The number of likely N-dealkylation sites (tertiary alicyclic amines) is 1. The summed E-state index contributed by atoms with van der Waals surface area (Å²) in [7, 11) is 1.29. The molecule has 6 rings (SSSR count). The first-order valence-electron chi connectivity index (χ1n) is 13.6. The Morgan fingerprint density at radius 3 is 2.89 bits per heavy atom. The number of nitrogens with zero attached hydrogens (tertiary/aromatic N) is 2. The van der Waals surface area contributed by atoms with Crippen LogP contribution in [0.3, 0.4) is 0 Å². The number of aryl methyl sites for hydroxylation is 1. The number of carbonyl (C=O) groups excluding carboxylic acids is 1. The van der Waals surface area contributed by atoms with E-state index in [1.165, 1.54) is 39.3 Å². The van der Waals surface area contributed by atoms with Gasteiger partial charge in [0.05, 0.1) is 29.7 Å². The number of phenols is 1. The first-order valence-corrected chi connectivity index (χ1v) is 14.0. The normalized spacial score (nSPS) is 27.9. The molecule has 0 unspecified atom stereocenters. The highest BCUT2D eigenvalue weighted by molar-refractivity contribution is 6.33. The first-order chi connectivity index (χ1) is 17.9. The molecule has 7 nitrogen and oxygen atoms in total. The third-order valence-electron chi connectivity index (χ3n) is 9.27. The van der Waals surface area contributed by atoms with Gasteiger partial charge in [-0.3, -0.25) is 14.6 Å². The highest BCUT2D eigenvalue weighted by Crippen LogP contribution is 2.46. The van der Waals surface area contributed by atoms with E-state index in [2.05, 4.69) is 15.9 Å². The number of esters is 1. The second-order valence-corrected chi connectivity index (χ2v) is 11.7. The number of methoxy groups -OCH3 is 1. The molecule has 0 amide bonds. The average molecular weight is 527 g/mol. The SMILES string of the molecule is COC(=O)Cc1c(C)c2cc(Cl)c(O)c(CN3CCCC4=C[C@H]5C[C@@H](CN6CCCC[C@H]56)[C@@H]43)c2oc1=O. The van der Waals surface area contributed by atoms with Crippen molar-refractivity contribution in [1.29, 1.82) is 0 Å². The van der Waals surface area contributed by atoms with E-state index in [0.29, 0.717) is 52.6 Å². The van der Waals surface area contributed by atoms with Gasteiger partial charge in [0.25, 0.3) is 0 Å². The minimum atomic E-state index is -0.582. The van der Waals surface area contributed by atoms with E-state index in [-0.39, 0.29) is 22.8 Å². The van der Waals surface area contributed by atoms with E-state index < -0.39 is 11.6 Å². The lowest BCUT2D eigenvalue weighted by atomic mass is 9.68. The fraction of sp³-hybridized carbons (Fsp3) is 0.586. The van der Waals surface area contributed by atoms with Gasteiger partial charge in [0.1, 0.15) is 11.3 Å². The summed E-state index contributed by atoms with van der Waals surface area (Å²) < 4.78 is 10.5. The van der Waals surface area contributed by atoms with Crippen molar-refractivity contribution in [1.82, 2.24) is 9.80 Å². The molecule has 0 radical (unpaired) electrons. The summed E-state index contributed by atoms with van der Waals surface area (Å²) >= 11 is 6.51.